The first-order valence-corrected chi connectivity index (χ1v) is 6.86. The molecule has 103 valence electrons. The summed E-state index contributed by atoms with van der Waals surface area (Å²) in [5.41, 5.74) is 5.97. The number of benzene rings is 2. The molecular weight excluding hydrogens is 248 g/mol. The summed E-state index contributed by atoms with van der Waals surface area (Å²) in [7, 11) is 1.70. The van der Waals surface area contributed by atoms with Gasteiger partial charge in [-0.05, 0) is 44.0 Å². The van der Waals surface area contributed by atoms with Gasteiger partial charge in [-0.25, -0.2) is 0 Å². The van der Waals surface area contributed by atoms with E-state index in [1.807, 2.05) is 0 Å². The van der Waals surface area contributed by atoms with Crippen molar-refractivity contribution in [1.82, 2.24) is 0 Å². The van der Waals surface area contributed by atoms with Crippen LogP contribution in [0.1, 0.15) is 16.7 Å². The number of methoxy groups -OCH3 is 1. The summed E-state index contributed by atoms with van der Waals surface area (Å²) in [6.07, 6.45) is 0.825. The van der Waals surface area contributed by atoms with Crippen LogP contribution in [0, 0.1) is 20.8 Å². The highest BCUT2D eigenvalue weighted by molar-refractivity contribution is 5.77. The minimum absolute atomic E-state index is 0.0130. The number of hydrogen-bond acceptors (Lipinski definition) is 2. The maximum absolute atomic E-state index is 5.92. The first-order valence-electron chi connectivity index (χ1n) is 6.86. The molecule has 2 aromatic rings. The van der Waals surface area contributed by atoms with E-state index in [9.17, 15) is 0 Å². The van der Waals surface area contributed by atoms with Gasteiger partial charge >= 0.3 is 0 Å². The van der Waals surface area contributed by atoms with Crippen LogP contribution in [-0.4, -0.2) is 13.2 Å². The van der Waals surface area contributed by atoms with E-state index in [1.54, 1.807) is 7.11 Å². The van der Waals surface area contributed by atoms with Gasteiger partial charge in [-0.1, -0.05) is 23.8 Å². The minimum atomic E-state index is -0.0130. The molecule has 0 saturated carbocycles. The normalized spacial score (nSPS) is 16.7. The summed E-state index contributed by atoms with van der Waals surface area (Å²) in [5.74, 6) is 1.83. The first-order chi connectivity index (χ1) is 9.58. The van der Waals surface area contributed by atoms with Gasteiger partial charge in [0.25, 0.3) is 0 Å². The molecule has 1 aliphatic rings. The lowest BCUT2D eigenvalue weighted by Crippen LogP contribution is -2.06. The van der Waals surface area contributed by atoms with Crippen molar-refractivity contribution in [3.8, 4) is 22.6 Å². The van der Waals surface area contributed by atoms with Crippen LogP contribution >= 0.6 is 0 Å². The van der Waals surface area contributed by atoms with Gasteiger partial charge in [0.05, 0.1) is 7.11 Å². The van der Waals surface area contributed by atoms with Crippen LogP contribution in [-0.2, 0) is 6.42 Å². The van der Waals surface area contributed by atoms with Gasteiger partial charge < -0.3 is 9.47 Å². The highest BCUT2D eigenvalue weighted by atomic mass is 16.5. The van der Waals surface area contributed by atoms with Gasteiger partial charge in [0.1, 0.15) is 17.6 Å². The number of aryl methyl sites for hydroxylation is 2. The Morgan fingerprint density at radius 2 is 1.95 bits per heavy atom. The third kappa shape index (κ3) is 2.15. The Hall–Kier alpha value is -1.96. The molecule has 0 spiro atoms. The molecule has 0 aromatic heterocycles. The van der Waals surface area contributed by atoms with Gasteiger partial charge in [-0.2, -0.15) is 0 Å². The van der Waals surface area contributed by atoms with Crippen LogP contribution in [0.3, 0.4) is 0 Å². The molecule has 20 heavy (non-hydrogen) atoms. The molecule has 0 saturated heterocycles. The standard InChI is InChI=1S/C18H19O2/c1-11-5-6-12(2)16(7-11)17-10-15(19-4)9-14-8-13(3)20-18(14)17/h5-7,9-10,13H,3,8H2,1-2,4H3. The molecule has 0 bridgehead atoms. The van der Waals surface area contributed by atoms with E-state index >= 15 is 0 Å². The maximum Gasteiger partial charge on any atom is 0.131 e. The zero-order valence-electron chi connectivity index (χ0n) is 12.2. The maximum atomic E-state index is 5.92. The van der Waals surface area contributed by atoms with Crippen LogP contribution in [0.5, 0.6) is 11.5 Å². The van der Waals surface area contributed by atoms with Crippen molar-refractivity contribution in [1.29, 1.82) is 0 Å². The quantitative estimate of drug-likeness (QED) is 0.815. The fourth-order valence-electron chi connectivity index (χ4n) is 2.75. The first kappa shape index (κ1) is 13.0. The average molecular weight is 267 g/mol. The molecule has 1 heterocycles. The number of fused-ring (bicyclic) bond motifs is 1. The van der Waals surface area contributed by atoms with E-state index in [-0.39, 0.29) is 6.10 Å². The zero-order valence-corrected chi connectivity index (χ0v) is 12.2. The second-order valence-electron chi connectivity index (χ2n) is 5.43. The number of ether oxygens (including phenoxy) is 2. The second kappa shape index (κ2) is 4.86. The smallest absolute Gasteiger partial charge is 0.131 e. The Kier molecular flexibility index (Phi) is 3.17. The fraction of sp³-hybridized carbons (Fsp3) is 0.278. The van der Waals surface area contributed by atoms with E-state index < -0.39 is 0 Å². The summed E-state index contributed by atoms with van der Waals surface area (Å²) in [4.78, 5) is 0. The van der Waals surface area contributed by atoms with E-state index in [4.69, 9.17) is 9.47 Å². The molecule has 1 aliphatic heterocycles. The van der Waals surface area contributed by atoms with Crippen molar-refractivity contribution in [2.45, 2.75) is 26.4 Å². The summed E-state index contributed by atoms with van der Waals surface area (Å²) in [6, 6.07) is 10.6. The number of rotatable bonds is 2. The summed E-state index contributed by atoms with van der Waals surface area (Å²) in [6.45, 7) is 8.25. The Bertz CT molecular complexity index is 659. The molecule has 2 nitrogen and oxygen atoms in total. The molecule has 0 fully saturated rings. The van der Waals surface area contributed by atoms with Crippen LogP contribution in [0.4, 0.5) is 0 Å². The Morgan fingerprint density at radius 3 is 2.70 bits per heavy atom. The highest BCUT2D eigenvalue weighted by Gasteiger charge is 2.24. The van der Waals surface area contributed by atoms with Gasteiger partial charge in [-0.3, -0.25) is 0 Å². The fourth-order valence-corrected chi connectivity index (χ4v) is 2.75. The average Bonchev–Trinajstić information content (AvgIpc) is 2.80. The van der Waals surface area contributed by atoms with Gasteiger partial charge in [0.15, 0.2) is 0 Å². The van der Waals surface area contributed by atoms with Crippen LogP contribution < -0.4 is 9.47 Å². The van der Waals surface area contributed by atoms with Crippen LogP contribution in [0.15, 0.2) is 30.3 Å². The van der Waals surface area contributed by atoms with Crippen molar-refractivity contribution < 1.29 is 9.47 Å². The zero-order chi connectivity index (χ0) is 14.3. The Balaban J connectivity index is 2.23. The molecule has 0 amide bonds. The topological polar surface area (TPSA) is 18.5 Å². The highest BCUT2D eigenvalue weighted by Crippen LogP contribution is 2.42. The van der Waals surface area contributed by atoms with Crippen LogP contribution in [0.2, 0.25) is 0 Å². The predicted octanol–water partition coefficient (Wildman–Crippen LogP) is 4.12. The molecule has 1 atom stereocenters. The largest absolute Gasteiger partial charge is 0.497 e. The molecule has 1 radical (unpaired) electrons. The van der Waals surface area contributed by atoms with E-state index in [2.05, 4.69) is 51.1 Å². The van der Waals surface area contributed by atoms with Gasteiger partial charge in [0, 0.05) is 17.5 Å². The Morgan fingerprint density at radius 1 is 1.15 bits per heavy atom. The summed E-state index contributed by atoms with van der Waals surface area (Å²) < 4.78 is 11.4. The third-order valence-electron chi connectivity index (χ3n) is 3.79. The molecular formula is C18H19O2. The lowest BCUT2D eigenvalue weighted by molar-refractivity contribution is 0.282. The van der Waals surface area contributed by atoms with Crippen molar-refractivity contribution >= 4 is 0 Å². The van der Waals surface area contributed by atoms with Crippen LogP contribution in [0.25, 0.3) is 11.1 Å². The SMILES string of the molecule is [CH2]C1Cc2cc(OC)cc(-c3cc(C)ccc3C)c2O1. The molecule has 1 unspecified atom stereocenters. The van der Waals surface area contributed by atoms with Crippen molar-refractivity contribution in [3.05, 3.63) is 53.9 Å². The minimum Gasteiger partial charge on any atom is -0.497 e. The Labute approximate surface area is 120 Å². The van der Waals surface area contributed by atoms with Crippen molar-refractivity contribution in [2.75, 3.05) is 7.11 Å². The van der Waals surface area contributed by atoms with E-state index in [0.717, 1.165) is 23.5 Å². The van der Waals surface area contributed by atoms with Crippen molar-refractivity contribution in [3.63, 3.8) is 0 Å². The number of hydrogen-bond donors (Lipinski definition) is 0. The van der Waals surface area contributed by atoms with E-state index in [0.29, 0.717) is 0 Å². The van der Waals surface area contributed by atoms with Crippen molar-refractivity contribution in [2.24, 2.45) is 0 Å². The molecule has 0 aliphatic carbocycles. The van der Waals surface area contributed by atoms with Gasteiger partial charge in [0.2, 0.25) is 0 Å². The molecule has 0 N–H and O–H groups in total. The second-order valence-corrected chi connectivity index (χ2v) is 5.43. The third-order valence-corrected chi connectivity index (χ3v) is 3.79. The molecule has 2 aromatic carbocycles. The van der Waals surface area contributed by atoms with E-state index in [1.165, 1.54) is 22.3 Å². The molecule has 3 rings (SSSR count). The lowest BCUT2D eigenvalue weighted by atomic mass is 9.95. The summed E-state index contributed by atoms with van der Waals surface area (Å²) in [5, 5.41) is 0. The monoisotopic (exact) mass is 267 g/mol. The van der Waals surface area contributed by atoms with Gasteiger partial charge in [-0.15, -0.1) is 0 Å². The molecule has 2 heteroatoms. The lowest BCUT2D eigenvalue weighted by Gasteiger charge is -2.14. The predicted molar refractivity (Wildman–Crippen MR) is 81.4 cm³/mol. The summed E-state index contributed by atoms with van der Waals surface area (Å²) >= 11 is 0.